The molecule has 0 spiro atoms. The van der Waals surface area contributed by atoms with Crippen molar-refractivity contribution in [1.29, 1.82) is 0 Å². The van der Waals surface area contributed by atoms with Crippen molar-refractivity contribution in [2.24, 2.45) is 0 Å². The van der Waals surface area contributed by atoms with Crippen LogP contribution in [0.5, 0.6) is 0 Å². The molecule has 0 N–H and O–H groups in total. The third-order valence-corrected chi connectivity index (χ3v) is 10.6. The van der Waals surface area contributed by atoms with Crippen LogP contribution in [0.15, 0.2) is 146 Å². The second-order valence-electron chi connectivity index (χ2n) is 13.3. The molecule has 0 fully saturated rings. The predicted molar refractivity (Wildman–Crippen MR) is 194 cm³/mol. The lowest BCUT2D eigenvalue weighted by Crippen LogP contribution is -2.15. The van der Waals surface area contributed by atoms with Crippen molar-refractivity contribution in [2.75, 3.05) is 0 Å². The van der Waals surface area contributed by atoms with E-state index in [1.807, 2.05) is 0 Å². The average molecular weight is 571 g/mol. The van der Waals surface area contributed by atoms with Crippen molar-refractivity contribution in [3.05, 3.63) is 157 Å². The van der Waals surface area contributed by atoms with Gasteiger partial charge in [0.15, 0.2) is 0 Å². The van der Waals surface area contributed by atoms with E-state index in [1.165, 1.54) is 98.4 Å². The summed E-state index contributed by atoms with van der Waals surface area (Å²) in [6, 6.07) is 54.6. The monoisotopic (exact) mass is 570 g/mol. The third-order valence-electron chi connectivity index (χ3n) is 10.6. The van der Waals surface area contributed by atoms with Crippen LogP contribution in [-0.2, 0) is 5.41 Å². The molecule has 0 radical (unpaired) electrons. The van der Waals surface area contributed by atoms with Gasteiger partial charge in [0.25, 0.3) is 0 Å². The Balaban J connectivity index is 1.26. The quantitative estimate of drug-likeness (QED) is 0.181. The molecule has 0 unspecified atom stereocenters. The summed E-state index contributed by atoms with van der Waals surface area (Å²) < 4.78 is 0. The summed E-state index contributed by atoms with van der Waals surface area (Å²) in [4.78, 5) is 0. The minimum Gasteiger partial charge on any atom is -0.0616 e. The zero-order valence-corrected chi connectivity index (χ0v) is 25.4. The molecule has 0 amide bonds. The zero-order valence-electron chi connectivity index (χ0n) is 25.4. The van der Waals surface area contributed by atoms with Gasteiger partial charge in [-0.15, -0.1) is 0 Å². The Bertz CT molecular complexity index is 2650. The van der Waals surface area contributed by atoms with Crippen LogP contribution < -0.4 is 0 Å². The molecule has 0 saturated heterocycles. The first-order valence-corrected chi connectivity index (χ1v) is 15.9. The van der Waals surface area contributed by atoms with Crippen molar-refractivity contribution < 1.29 is 0 Å². The number of hydrogen-bond donors (Lipinski definition) is 0. The maximum Gasteiger partial charge on any atom is 0.0165 e. The van der Waals surface area contributed by atoms with Gasteiger partial charge in [-0.1, -0.05) is 147 Å². The van der Waals surface area contributed by atoms with Gasteiger partial charge in [0, 0.05) is 5.41 Å². The van der Waals surface area contributed by atoms with Gasteiger partial charge in [0.05, 0.1) is 0 Å². The van der Waals surface area contributed by atoms with Gasteiger partial charge in [-0.2, -0.15) is 0 Å². The highest BCUT2D eigenvalue weighted by atomic mass is 14.4. The van der Waals surface area contributed by atoms with Gasteiger partial charge in [0.2, 0.25) is 0 Å². The van der Waals surface area contributed by atoms with E-state index >= 15 is 0 Å². The predicted octanol–water partition coefficient (Wildman–Crippen LogP) is 12.5. The Hall–Kier alpha value is -5.46. The first-order chi connectivity index (χ1) is 22.1. The lowest BCUT2D eigenvalue weighted by molar-refractivity contribution is 0.666. The van der Waals surface area contributed by atoms with Crippen LogP contribution in [-0.4, -0.2) is 0 Å². The maximum absolute atomic E-state index is 2.49. The molecule has 0 bridgehead atoms. The van der Waals surface area contributed by atoms with E-state index in [9.17, 15) is 0 Å². The van der Waals surface area contributed by atoms with E-state index in [4.69, 9.17) is 0 Å². The van der Waals surface area contributed by atoms with Crippen molar-refractivity contribution in [3.8, 4) is 33.4 Å². The van der Waals surface area contributed by atoms with Gasteiger partial charge in [0.1, 0.15) is 0 Å². The number of fused-ring (bicyclic) bond motifs is 6. The minimum absolute atomic E-state index is 0.162. The van der Waals surface area contributed by atoms with E-state index in [-0.39, 0.29) is 5.41 Å². The standard InChI is InChI=1S/C45H30/c1-45(2)40-26-32(34-22-19-30-18-17-28-12-7-13-29-20-23-37(34)42(30)41(28)29)21-24-38(40)43-39(25-31-10-4-6-15-35(31)44(43)45)36-16-8-11-27-9-3-5-14-33(27)36/h3-26H,1-2H3. The molecule has 0 aliphatic heterocycles. The van der Waals surface area contributed by atoms with Crippen LogP contribution in [0.2, 0.25) is 0 Å². The summed E-state index contributed by atoms with van der Waals surface area (Å²) in [5, 5.41) is 13.2. The summed E-state index contributed by atoms with van der Waals surface area (Å²) in [6.07, 6.45) is 0. The third kappa shape index (κ3) is 3.32. The molecule has 0 heterocycles. The highest BCUT2D eigenvalue weighted by molar-refractivity contribution is 6.25. The molecule has 1 aliphatic rings. The van der Waals surface area contributed by atoms with E-state index in [1.54, 1.807) is 0 Å². The highest BCUT2D eigenvalue weighted by Gasteiger charge is 2.39. The van der Waals surface area contributed by atoms with Gasteiger partial charge in [-0.3, -0.25) is 0 Å². The molecule has 0 saturated carbocycles. The van der Waals surface area contributed by atoms with Gasteiger partial charge in [-0.25, -0.2) is 0 Å². The van der Waals surface area contributed by atoms with Gasteiger partial charge >= 0.3 is 0 Å². The number of rotatable bonds is 2. The molecule has 0 nitrogen and oxygen atoms in total. The van der Waals surface area contributed by atoms with Crippen molar-refractivity contribution in [2.45, 2.75) is 19.3 Å². The smallest absolute Gasteiger partial charge is 0.0165 e. The van der Waals surface area contributed by atoms with Crippen molar-refractivity contribution in [1.82, 2.24) is 0 Å². The Labute approximate surface area is 262 Å². The molecule has 10 rings (SSSR count). The lowest BCUT2D eigenvalue weighted by atomic mass is 9.78. The summed E-state index contributed by atoms with van der Waals surface area (Å²) in [6.45, 7) is 4.84. The fourth-order valence-corrected chi connectivity index (χ4v) is 8.52. The van der Waals surface area contributed by atoms with Crippen LogP contribution >= 0.6 is 0 Å². The van der Waals surface area contributed by atoms with Crippen molar-refractivity contribution >= 4 is 53.9 Å². The van der Waals surface area contributed by atoms with Crippen LogP contribution in [0.25, 0.3) is 87.2 Å². The fraction of sp³-hybridized carbons (Fsp3) is 0.0667. The Kier molecular flexibility index (Phi) is 4.88. The molecule has 0 aromatic heterocycles. The van der Waals surface area contributed by atoms with E-state index < -0.39 is 0 Å². The van der Waals surface area contributed by atoms with E-state index in [0.717, 1.165) is 0 Å². The highest BCUT2D eigenvalue weighted by Crippen LogP contribution is 2.56. The average Bonchev–Trinajstić information content (AvgIpc) is 3.33. The van der Waals surface area contributed by atoms with Crippen LogP contribution in [0.1, 0.15) is 25.0 Å². The molecular weight excluding hydrogens is 540 g/mol. The van der Waals surface area contributed by atoms with Gasteiger partial charge < -0.3 is 0 Å². The summed E-state index contributed by atoms with van der Waals surface area (Å²) >= 11 is 0. The maximum atomic E-state index is 2.49. The second-order valence-corrected chi connectivity index (χ2v) is 13.3. The Morgan fingerprint density at radius 1 is 0.378 bits per heavy atom. The van der Waals surface area contributed by atoms with E-state index in [0.29, 0.717) is 0 Å². The number of benzene rings is 9. The van der Waals surface area contributed by atoms with Gasteiger partial charge in [-0.05, 0) is 111 Å². The molecule has 1 aliphatic carbocycles. The topological polar surface area (TPSA) is 0 Å². The largest absolute Gasteiger partial charge is 0.0616 e. The zero-order chi connectivity index (χ0) is 29.9. The molecule has 0 atom stereocenters. The molecule has 9 aromatic rings. The minimum atomic E-state index is -0.162. The molecule has 0 heteroatoms. The fourth-order valence-electron chi connectivity index (χ4n) is 8.52. The normalized spacial score (nSPS) is 13.7. The van der Waals surface area contributed by atoms with Crippen LogP contribution in [0.3, 0.4) is 0 Å². The lowest BCUT2D eigenvalue weighted by Gasteiger charge is -2.24. The Morgan fingerprint density at radius 2 is 1.00 bits per heavy atom. The SMILES string of the molecule is CC1(C)c2cc(-c3ccc4ccc5cccc6ccc3c4c56)ccc2-c2c(-c3cccc4ccccc34)cc3ccccc3c21. The van der Waals surface area contributed by atoms with Crippen molar-refractivity contribution in [3.63, 3.8) is 0 Å². The summed E-state index contributed by atoms with van der Waals surface area (Å²) in [5.74, 6) is 0. The molecule has 45 heavy (non-hydrogen) atoms. The molecular formula is C45H30. The molecule has 210 valence electrons. The number of hydrogen-bond acceptors (Lipinski definition) is 0. The van der Waals surface area contributed by atoms with E-state index in [2.05, 4.69) is 159 Å². The second kappa shape index (κ2) is 8.80. The summed E-state index contributed by atoms with van der Waals surface area (Å²) in [5.41, 5.74) is 10.6. The Morgan fingerprint density at radius 3 is 1.84 bits per heavy atom. The summed E-state index contributed by atoms with van der Waals surface area (Å²) in [7, 11) is 0. The van der Waals surface area contributed by atoms with Crippen LogP contribution in [0.4, 0.5) is 0 Å². The first-order valence-electron chi connectivity index (χ1n) is 15.9. The van der Waals surface area contributed by atoms with Crippen LogP contribution in [0, 0.1) is 0 Å². The first kappa shape index (κ1) is 24.9. The molecule has 9 aromatic carbocycles.